The fourth-order valence-electron chi connectivity index (χ4n) is 8.58. The molecule has 8 aromatic carbocycles. The van der Waals surface area contributed by atoms with E-state index < -0.39 is 11.6 Å². The molecule has 0 fully saturated rings. The lowest BCUT2D eigenvalue weighted by molar-refractivity contribution is 0.758. The molecular weight excluding hydrogens is 643 g/mol. The van der Waals surface area contributed by atoms with Crippen molar-refractivity contribution in [3.8, 4) is 22.3 Å². The zero-order chi connectivity index (χ0) is 35.2. The van der Waals surface area contributed by atoms with Crippen molar-refractivity contribution in [2.75, 3.05) is 0 Å². The number of hydrogen-bond acceptors (Lipinski definition) is 3. The third-order valence-corrected chi connectivity index (χ3v) is 10.8. The van der Waals surface area contributed by atoms with Gasteiger partial charge < -0.3 is 5.32 Å². The lowest BCUT2D eigenvalue weighted by atomic mass is 9.67. The number of rotatable bonds is 6. The van der Waals surface area contributed by atoms with Crippen LogP contribution in [-0.4, -0.2) is 11.7 Å². The predicted molar refractivity (Wildman–Crippen MR) is 219 cm³/mol. The van der Waals surface area contributed by atoms with E-state index in [0.717, 1.165) is 33.9 Å². The van der Waals surface area contributed by atoms with E-state index in [1.807, 2.05) is 12.1 Å². The Morgan fingerprint density at radius 3 is 1.55 bits per heavy atom. The van der Waals surface area contributed by atoms with Crippen LogP contribution in [0.15, 0.2) is 210 Å². The van der Waals surface area contributed by atoms with E-state index in [9.17, 15) is 0 Å². The summed E-state index contributed by atoms with van der Waals surface area (Å²) in [6.07, 6.45) is -0.484. The Kier molecular flexibility index (Phi) is 7.43. The van der Waals surface area contributed by atoms with E-state index in [-0.39, 0.29) is 0 Å². The van der Waals surface area contributed by atoms with Gasteiger partial charge in [-0.15, -0.1) is 0 Å². The summed E-state index contributed by atoms with van der Waals surface area (Å²) in [5.74, 6) is 1.61. The predicted octanol–water partition coefficient (Wildman–Crippen LogP) is 11.4. The molecule has 0 radical (unpaired) electrons. The number of hydrogen-bond donors (Lipinski definition) is 1. The van der Waals surface area contributed by atoms with Crippen molar-refractivity contribution in [1.82, 2.24) is 5.32 Å². The van der Waals surface area contributed by atoms with Crippen LogP contribution in [0.3, 0.4) is 0 Å². The van der Waals surface area contributed by atoms with Gasteiger partial charge in [0.05, 0.1) is 5.41 Å². The number of benzene rings is 8. The monoisotopic (exact) mass is 677 g/mol. The highest BCUT2D eigenvalue weighted by Crippen LogP contribution is 2.59. The van der Waals surface area contributed by atoms with Gasteiger partial charge in [-0.1, -0.05) is 200 Å². The molecule has 0 spiro atoms. The summed E-state index contributed by atoms with van der Waals surface area (Å²) < 4.78 is 0. The van der Waals surface area contributed by atoms with Crippen molar-refractivity contribution < 1.29 is 0 Å². The number of nitrogens with zero attached hydrogens (tertiary/aromatic N) is 2. The molecule has 0 unspecified atom stereocenters. The van der Waals surface area contributed by atoms with Crippen molar-refractivity contribution in [2.24, 2.45) is 9.98 Å². The number of fused-ring (bicyclic) bond motifs is 4. The van der Waals surface area contributed by atoms with Crippen LogP contribution in [0.5, 0.6) is 0 Å². The van der Waals surface area contributed by atoms with Gasteiger partial charge in [0.15, 0.2) is 6.17 Å². The van der Waals surface area contributed by atoms with Crippen LogP contribution in [0.1, 0.15) is 45.1 Å². The van der Waals surface area contributed by atoms with Gasteiger partial charge in [-0.05, 0) is 55.3 Å². The van der Waals surface area contributed by atoms with Gasteiger partial charge in [-0.2, -0.15) is 0 Å². The minimum absolute atomic E-state index is 0.484. The Balaban J connectivity index is 1.28. The Morgan fingerprint density at radius 1 is 0.396 bits per heavy atom. The third-order valence-electron chi connectivity index (χ3n) is 10.8. The van der Waals surface area contributed by atoms with E-state index in [0.29, 0.717) is 0 Å². The molecule has 1 aliphatic carbocycles. The molecule has 0 saturated carbocycles. The van der Waals surface area contributed by atoms with Crippen LogP contribution in [0.25, 0.3) is 33.0 Å². The normalized spacial score (nSPS) is 14.5. The molecule has 1 aliphatic heterocycles. The zero-order valence-corrected chi connectivity index (χ0v) is 29.0. The first-order valence-electron chi connectivity index (χ1n) is 18.2. The van der Waals surface area contributed by atoms with Gasteiger partial charge in [0, 0.05) is 16.7 Å². The summed E-state index contributed by atoms with van der Waals surface area (Å²) in [6.45, 7) is 0. The smallest absolute Gasteiger partial charge is 0.170 e. The topological polar surface area (TPSA) is 36.8 Å². The van der Waals surface area contributed by atoms with Crippen LogP contribution in [-0.2, 0) is 5.41 Å². The number of aliphatic imine (C=N–C) groups is 2. The Bertz CT molecular complexity index is 2590. The van der Waals surface area contributed by atoms with Crippen LogP contribution in [0, 0.1) is 0 Å². The summed E-state index contributed by atoms with van der Waals surface area (Å²) in [5, 5.41) is 5.95. The molecule has 0 bridgehead atoms. The summed E-state index contributed by atoms with van der Waals surface area (Å²) in [4.78, 5) is 10.7. The second kappa shape index (κ2) is 12.7. The minimum Gasteiger partial charge on any atom is -0.324 e. The average Bonchev–Trinajstić information content (AvgIpc) is 3.56. The van der Waals surface area contributed by atoms with Crippen LogP contribution in [0.2, 0.25) is 0 Å². The van der Waals surface area contributed by atoms with Gasteiger partial charge in [0.25, 0.3) is 0 Å². The maximum Gasteiger partial charge on any atom is 0.170 e. The molecule has 10 rings (SSSR count). The largest absolute Gasteiger partial charge is 0.324 e. The van der Waals surface area contributed by atoms with Gasteiger partial charge in [-0.3, -0.25) is 0 Å². The maximum atomic E-state index is 5.37. The van der Waals surface area contributed by atoms with Gasteiger partial charge >= 0.3 is 0 Å². The molecule has 2 aliphatic rings. The van der Waals surface area contributed by atoms with Crippen molar-refractivity contribution >= 4 is 22.4 Å². The summed E-state index contributed by atoms with van der Waals surface area (Å²) >= 11 is 0. The van der Waals surface area contributed by atoms with Crippen molar-refractivity contribution in [2.45, 2.75) is 11.6 Å². The molecule has 0 atom stereocenters. The highest BCUT2D eigenvalue weighted by Gasteiger charge is 2.47. The molecule has 0 saturated heterocycles. The molecule has 3 nitrogen and oxygen atoms in total. The first kappa shape index (κ1) is 30.9. The molecule has 53 heavy (non-hydrogen) atoms. The lowest BCUT2D eigenvalue weighted by Gasteiger charge is -2.34. The number of amidine groups is 2. The SMILES string of the molecule is c1ccc(C2=NC(c3ccc4ccccc4c3-c3cccc4c3-c3ccccc3C4(c3ccccc3)c3ccccc3)N=C(c3ccccc3)N2)cc1. The van der Waals surface area contributed by atoms with E-state index >= 15 is 0 Å². The second-order valence-corrected chi connectivity index (χ2v) is 13.7. The first-order chi connectivity index (χ1) is 26.3. The Labute approximate surface area is 309 Å². The maximum absolute atomic E-state index is 5.37. The van der Waals surface area contributed by atoms with E-state index in [2.05, 4.69) is 193 Å². The molecule has 250 valence electrons. The fourth-order valence-corrected chi connectivity index (χ4v) is 8.58. The number of nitrogens with one attached hydrogen (secondary N) is 1. The van der Waals surface area contributed by atoms with E-state index in [1.165, 1.54) is 49.7 Å². The van der Waals surface area contributed by atoms with Crippen LogP contribution >= 0.6 is 0 Å². The van der Waals surface area contributed by atoms with Gasteiger partial charge in [0.2, 0.25) is 0 Å². The van der Waals surface area contributed by atoms with Crippen molar-refractivity contribution in [3.05, 3.63) is 239 Å². The minimum atomic E-state index is -0.499. The van der Waals surface area contributed by atoms with Crippen molar-refractivity contribution in [1.29, 1.82) is 0 Å². The molecule has 3 heteroatoms. The van der Waals surface area contributed by atoms with Gasteiger partial charge in [0.1, 0.15) is 11.7 Å². The van der Waals surface area contributed by atoms with E-state index in [1.54, 1.807) is 0 Å². The van der Waals surface area contributed by atoms with Crippen LogP contribution in [0.4, 0.5) is 0 Å². The highest BCUT2D eigenvalue weighted by molar-refractivity contribution is 6.16. The third kappa shape index (κ3) is 4.97. The molecule has 0 amide bonds. The lowest BCUT2D eigenvalue weighted by Crippen LogP contribution is -2.36. The standard InChI is InChI=1S/C50H35N3/c1-5-19-35(20-6-1)47-51-48(36-21-7-2-8-22-36)53-49(52-47)42-33-32-34-18-13-14-27-39(34)45(42)41-29-17-31-44-46(41)40-28-15-16-30-43(40)50(44,37-23-9-3-10-24-37)38-25-11-4-12-26-38/h1-33,49H,(H,51,52,53). The second-order valence-electron chi connectivity index (χ2n) is 13.7. The molecule has 0 aromatic heterocycles. The quantitative estimate of drug-likeness (QED) is 0.187. The Hall–Kier alpha value is -6.84. The zero-order valence-electron chi connectivity index (χ0n) is 29.0. The fraction of sp³-hybridized carbons (Fsp3) is 0.0400. The van der Waals surface area contributed by atoms with Gasteiger partial charge in [-0.25, -0.2) is 9.98 Å². The first-order valence-corrected chi connectivity index (χ1v) is 18.2. The Morgan fingerprint density at radius 2 is 0.906 bits per heavy atom. The molecule has 1 N–H and O–H groups in total. The summed E-state index contributed by atoms with van der Waals surface area (Å²) in [6, 6.07) is 71.8. The van der Waals surface area contributed by atoms with Crippen LogP contribution < -0.4 is 5.32 Å². The van der Waals surface area contributed by atoms with E-state index in [4.69, 9.17) is 9.98 Å². The highest BCUT2D eigenvalue weighted by atomic mass is 15.2. The molecule has 1 heterocycles. The summed E-state index contributed by atoms with van der Waals surface area (Å²) in [7, 11) is 0. The summed E-state index contributed by atoms with van der Waals surface area (Å²) in [5.41, 5.74) is 12.5. The molecule has 8 aromatic rings. The van der Waals surface area contributed by atoms with Crippen molar-refractivity contribution in [3.63, 3.8) is 0 Å². The molecular formula is C50H35N3. The average molecular weight is 678 g/mol.